The quantitative estimate of drug-likeness (QED) is 0.219. The van der Waals surface area contributed by atoms with Gasteiger partial charge in [-0.25, -0.2) is 17.6 Å². The van der Waals surface area contributed by atoms with E-state index in [1.165, 1.54) is 12.1 Å². The number of carbonyl (C=O) groups is 2. The minimum Gasteiger partial charge on any atom is -0.421 e. The van der Waals surface area contributed by atoms with Crippen molar-refractivity contribution in [2.45, 2.75) is 52.5 Å². The van der Waals surface area contributed by atoms with Crippen LogP contribution in [0.5, 0.6) is 0 Å². The van der Waals surface area contributed by atoms with Crippen LogP contribution in [0.1, 0.15) is 63.1 Å². The van der Waals surface area contributed by atoms with Crippen LogP contribution < -0.4 is 11.1 Å². The van der Waals surface area contributed by atoms with Gasteiger partial charge in [-0.15, -0.1) is 21.5 Å². The van der Waals surface area contributed by atoms with E-state index in [4.69, 9.17) is 10.2 Å². The molecule has 5 rings (SSSR count). The highest BCUT2D eigenvalue weighted by Crippen LogP contribution is 2.52. The molecule has 220 valence electrons. The van der Waals surface area contributed by atoms with Gasteiger partial charge >= 0.3 is 0 Å². The van der Waals surface area contributed by atoms with Gasteiger partial charge in [0, 0.05) is 36.2 Å². The number of rotatable bonds is 10. The van der Waals surface area contributed by atoms with E-state index in [1.807, 2.05) is 13.8 Å². The molecule has 0 aliphatic heterocycles. The van der Waals surface area contributed by atoms with Crippen LogP contribution in [0, 0.1) is 30.4 Å². The first-order valence-electron chi connectivity index (χ1n) is 13.2. The molecule has 0 saturated heterocycles. The third-order valence-corrected chi connectivity index (χ3v) is 7.95. The van der Waals surface area contributed by atoms with E-state index < -0.39 is 35.3 Å². The smallest absolute Gasteiger partial charge is 0.261 e. The second-order valence-electron chi connectivity index (χ2n) is 10.7. The Morgan fingerprint density at radius 1 is 1.12 bits per heavy atom. The highest BCUT2D eigenvalue weighted by Gasteiger charge is 2.57. The molecule has 3 N–H and O–H groups in total. The van der Waals surface area contributed by atoms with Gasteiger partial charge in [0.15, 0.2) is 11.6 Å². The summed E-state index contributed by atoms with van der Waals surface area (Å²) in [5.74, 6) is -6.82. The predicted octanol–water partition coefficient (Wildman–Crippen LogP) is 5.87. The molecule has 2 amide bonds. The standard InChI is InChI=1S/C29H27F4N5O3S/c1-13(2)8-19-23(26(34)39)25(24(28-38-37-14(3)41-28)20(36-19)10-16-11-29(16,32)33)21-6-7-22(42-21)27(40)35-12-15-4-5-17(30)18(31)9-15/h4-7,9,13,16H,8,10-12H2,1-3H3,(H2,34,39)(H,35,40). The van der Waals surface area contributed by atoms with Crippen molar-refractivity contribution in [3.05, 3.63) is 75.2 Å². The summed E-state index contributed by atoms with van der Waals surface area (Å²) in [5.41, 5.74) is 7.45. The summed E-state index contributed by atoms with van der Waals surface area (Å²) in [5, 5.41) is 10.7. The van der Waals surface area contributed by atoms with Gasteiger partial charge in [-0.2, -0.15) is 0 Å². The average Bonchev–Trinajstić information content (AvgIpc) is 3.27. The largest absolute Gasteiger partial charge is 0.421 e. The molecule has 1 aromatic carbocycles. The third-order valence-electron chi connectivity index (χ3n) is 6.84. The Bertz CT molecular complexity index is 1680. The SMILES string of the molecule is Cc1nnc(-c2c(CC3CC3(F)F)nc(CC(C)C)c(C(N)=O)c2-c2ccc(C(=O)NCc3ccc(F)c(F)c3)s2)o1. The maximum Gasteiger partial charge on any atom is 0.261 e. The minimum absolute atomic E-state index is 0.00898. The number of aryl methyl sites for hydroxylation is 1. The number of primary amides is 1. The Labute approximate surface area is 242 Å². The lowest BCUT2D eigenvalue weighted by Crippen LogP contribution is -2.21. The Morgan fingerprint density at radius 2 is 1.86 bits per heavy atom. The zero-order valence-corrected chi connectivity index (χ0v) is 23.8. The Hall–Kier alpha value is -4.13. The molecule has 0 bridgehead atoms. The fourth-order valence-corrected chi connectivity index (χ4v) is 5.73. The second kappa shape index (κ2) is 11.3. The first kappa shape index (κ1) is 29.4. The van der Waals surface area contributed by atoms with Crippen molar-refractivity contribution >= 4 is 23.2 Å². The normalized spacial score (nSPS) is 15.7. The van der Waals surface area contributed by atoms with Crippen LogP contribution in [0.3, 0.4) is 0 Å². The van der Waals surface area contributed by atoms with E-state index in [0.29, 0.717) is 22.6 Å². The van der Waals surface area contributed by atoms with Gasteiger partial charge in [0.25, 0.3) is 17.7 Å². The summed E-state index contributed by atoms with van der Waals surface area (Å²) in [6.07, 6.45) is -0.0338. The lowest BCUT2D eigenvalue weighted by atomic mass is 9.91. The molecule has 42 heavy (non-hydrogen) atoms. The zero-order valence-electron chi connectivity index (χ0n) is 22.9. The maximum absolute atomic E-state index is 14.1. The second-order valence-corrected chi connectivity index (χ2v) is 11.8. The molecule has 1 aliphatic carbocycles. The monoisotopic (exact) mass is 601 g/mol. The Kier molecular flexibility index (Phi) is 7.88. The molecule has 0 spiro atoms. The number of pyridine rings is 1. The molecular formula is C29H27F4N5O3S. The number of carbonyl (C=O) groups excluding carboxylic acids is 2. The predicted molar refractivity (Wildman–Crippen MR) is 147 cm³/mol. The van der Waals surface area contributed by atoms with Gasteiger partial charge in [0.1, 0.15) is 0 Å². The molecule has 1 saturated carbocycles. The molecule has 1 atom stereocenters. The molecule has 1 aliphatic rings. The van der Waals surface area contributed by atoms with Crippen LogP contribution in [0.2, 0.25) is 0 Å². The maximum atomic E-state index is 14.1. The topological polar surface area (TPSA) is 124 Å². The lowest BCUT2D eigenvalue weighted by molar-refractivity contribution is 0.0952. The molecule has 3 heterocycles. The molecule has 8 nitrogen and oxygen atoms in total. The number of nitrogens with zero attached hydrogens (tertiary/aromatic N) is 3. The van der Waals surface area contributed by atoms with Crippen molar-refractivity contribution in [1.82, 2.24) is 20.5 Å². The number of hydrogen-bond acceptors (Lipinski definition) is 7. The number of thiophene rings is 1. The summed E-state index contributed by atoms with van der Waals surface area (Å²) in [6.45, 7) is 5.37. The molecule has 0 radical (unpaired) electrons. The fraction of sp³-hybridized carbons (Fsp3) is 0.345. The van der Waals surface area contributed by atoms with E-state index in [9.17, 15) is 27.2 Å². The van der Waals surface area contributed by atoms with Gasteiger partial charge < -0.3 is 15.5 Å². The fourth-order valence-electron chi connectivity index (χ4n) is 4.75. The third kappa shape index (κ3) is 6.06. The first-order valence-corrected chi connectivity index (χ1v) is 14.0. The van der Waals surface area contributed by atoms with Crippen molar-refractivity contribution < 1.29 is 31.6 Å². The van der Waals surface area contributed by atoms with E-state index in [1.54, 1.807) is 13.0 Å². The summed E-state index contributed by atoms with van der Waals surface area (Å²) in [4.78, 5) is 31.3. The van der Waals surface area contributed by atoms with Gasteiger partial charge in [0.2, 0.25) is 11.8 Å². The summed E-state index contributed by atoms with van der Waals surface area (Å²) in [7, 11) is 0. The van der Waals surface area contributed by atoms with E-state index >= 15 is 0 Å². The zero-order chi connectivity index (χ0) is 30.3. The summed E-state index contributed by atoms with van der Waals surface area (Å²) in [6, 6.07) is 6.46. The van der Waals surface area contributed by atoms with Crippen LogP contribution in [0.15, 0.2) is 34.7 Å². The summed E-state index contributed by atoms with van der Waals surface area (Å²) >= 11 is 1.03. The molecule has 13 heteroatoms. The van der Waals surface area contributed by atoms with Crippen LogP contribution >= 0.6 is 11.3 Å². The number of hydrogen-bond donors (Lipinski definition) is 2. The summed E-state index contributed by atoms with van der Waals surface area (Å²) < 4.78 is 60.7. The van der Waals surface area contributed by atoms with Crippen molar-refractivity contribution in [3.63, 3.8) is 0 Å². The van der Waals surface area contributed by atoms with Gasteiger partial charge in [-0.05, 0) is 48.6 Å². The van der Waals surface area contributed by atoms with Gasteiger partial charge in [-0.3, -0.25) is 14.6 Å². The Balaban J connectivity index is 1.61. The molecule has 1 unspecified atom stereocenters. The van der Waals surface area contributed by atoms with E-state index in [0.717, 1.165) is 23.5 Å². The van der Waals surface area contributed by atoms with Gasteiger partial charge in [0.05, 0.1) is 27.4 Å². The van der Waals surface area contributed by atoms with Crippen molar-refractivity contribution in [2.24, 2.45) is 17.6 Å². The van der Waals surface area contributed by atoms with Crippen LogP contribution in [-0.4, -0.2) is 32.9 Å². The molecule has 4 aromatic rings. The van der Waals surface area contributed by atoms with Crippen molar-refractivity contribution in [3.8, 4) is 21.9 Å². The number of aromatic nitrogens is 3. The highest BCUT2D eigenvalue weighted by molar-refractivity contribution is 7.17. The number of alkyl halides is 2. The number of halogens is 4. The number of benzene rings is 1. The van der Waals surface area contributed by atoms with Crippen LogP contribution in [-0.2, 0) is 19.4 Å². The van der Waals surface area contributed by atoms with E-state index in [2.05, 4.69) is 20.5 Å². The molecule has 3 aromatic heterocycles. The Morgan fingerprint density at radius 3 is 2.45 bits per heavy atom. The number of nitrogens with two attached hydrogens (primary N) is 1. The first-order chi connectivity index (χ1) is 19.8. The highest BCUT2D eigenvalue weighted by atomic mass is 32.1. The number of nitrogens with one attached hydrogen (secondary N) is 1. The lowest BCUT2D eigenvalue weighted by Gasteiger charge is -2.19. The van der Waals surface area contributed by atoms with Crippen molar-refractivity contribution in [2.75, 3.05) is 0 Å². The molecule has 1 fully saturated rings. The average molecular weight is 602 g/mol. The number of amides is 2. The van der Waals surface area contributed by atoms with Crippen LogP contribution in [0.25, 0.3) is 21.9 Å². The van der Waals surface area contributed by atoms with Crippen molar-refractivity contribution in [1.29, 1.82) is 0 Å². The van der Waals surface area contributed by atoms with E-state index in [-0.39, 0.29) is 64.3 Å². The minimum atomic E-state index is -2.83. The van der Waals surface area contributed by atoms with Gasteiger partial charge in [-0.1, -0.05) is 19.9 Å². The molecular weight excluding hydrogens is 574 g/mol. The van der Waals surface area contributed by atoms with Crippen LogP contribution in [0.4, 0.5) is 17.6 Å².